The fourth-order valence-electron chi connectivity index (χ4n) is 9.13. The summed E-state index contributed by atoms with van der Waals surface area (Å²) < 4.78 is 5.49. The highest BCUT2D eigenvalue weighted by atomic mass is 16.5. The molecule has 0 aromatic rings. The third-order valence-corrected chi connectivity index (χ3v) is 13.8. The Kier molecular flexibility index (Phi) is 56.5. The number of unbranched alkanes of at least 4 members (excludes halogenated alkanes) is 39. The lowest BCUT2D eigenvalue weighted by atomic mass is 10.0. The first-order valence-electron chi connectivity index (χ1n) is 30.4. The average molecular weight is 969 g/mol. The van der Waals surface area contributed by atoms with Crippen LogP contribution < -0.4 is 5.32 Å². The molecule has 0 rings (SSSR count). The third kappa shape index (κ3) is 55.0. The molecule has 0 aliphatic rings. The van der Waals surface area contributed by atoms with Gasteiger partial charge in [0.05, 0.1) is 25.4 Å². The van der Waals surface area contributed by atoms with E-state index in [1.165, 1.54) is 231 Å². The maximum absolute atomic E-state index is 12.4. The van der Waals surface area contributed by atoms with Gasteiger partial charge >= 0.3 is 5.97 Å². The van der Waals surface area contributed by atoms with Gasteiger partial charge in [0.2, 0.25) is 5.91 Å². The van der Waals surface area contributed by atoms with Crippen molar-refractivity contribution < 1.29 is 24.5 Å². The Morgan fingerprint density at radius 3 is 1.14 bits per heavy atom. The van der Waals surface area contributed by atoms with Crippen LogP contribution >= 0.6 is 0 Å². The molecule has 6 heteroatoms. The summed E-state index contributed by atoms with van der Waals surface area (Å²) in [6, 6.07) is -0.632. The van der Waals surface area contributed by atoms with Gasteiger partial charge in [0.25, 0.3) is 0 Å². The Bertz CT molecular complexity index is 1160. The molecule has 0 aliphatic carbocycles. The number of hydrogen-bond donors (Lipinski definition) is 3. The first-order valence-corrected chi connectivity index (χ1v) is 30.4. The number of nitrogens with one attached hydrogen (secondary N) is 1. The molecule has 3 N–H and O–H groups in total. The highest BCUT2D eigenvalue weighted by Crippen LogP contribution is 2.16. The van der Waals surface area contributed by atoms with Crippen molar-refractivity contribution in [1.29, 1.82) is 0 Å². The van der Waals surface area contributed by atoms with Gasteiger partial charge in [-0.25, -0.2) is 0 Å². The molecule has 0 spiro atoms. The summed E-state index contributed by atoms with van der Waals surface area (Å²) in [5, 5.41) is 23.0. The quantitative estimate of drug-likeness (QED) is 0.0321. The van der Waals surface area contributed by atoms with Crippen molar-refractivity contribution in [1.82, 2.24) is 5.32 Å². The zero-order valence-corrected chi connectivity index (χ0v) is 46.0. The maximum Gasteiger partial charge on any atom is 0.305 e. The fraction of sp³-hybridized carbons (Fsp3) is 0.841. The minimum Gasteiger partial charge on any atom is -0.466 e. The van der Waals surface area contributed by atoms with Crippen molar-refractivity contribution in [3.8, 4) is 0 Å². The molecule has 0 saturated carbocycles. The summed E-state index contributed by atoms with van der Waals surface area (Å²) in [4.78, 5) is 24.5. The minimum absolute atomic E-state index is 0.00513. The number of rotatable bonds is 56. The summed E-state index contributed by atoms with van der Waals surface area (Å²) >= 11 is 0. The van der Waals surface area contributed by atoms with E-state index in [9.17, 15) is 19.8 Å². The van der Waals surface area contributed by atoms with E-state index < -0.39 is 12.1 Å². The van der Waals surface area contributed by atoms with E-state index in [0.29, 0.717) is 19.4 Å². The van der Waals surface area contributed by atoms with Gasteiger partial charge in [-0.3, -0.25) is 9.59 Å². The number of aliphatic hydroxyl groups excluding tert-OH is 2. The summed E-state index contributed by atoms with van der Waals surface area (Å²) in [5.41, 5.74) is 0. The largest absolute Gasteiger partial charge is 0.466 e. The summed E-state index contributed by atoms with van der Waals surface area (Å²) in [6.45, 7) is 4.86. The Morgan fingerprint density at radius 2 is 0.725 bits per heavy atom. The fourth-order valence-corrected chi connectivity index (χ4v) is 9.13. The second kappa shape index (κ2) is 58.4. The van der Waals surface area contributed by atoms with Crippen LogP contribution in [0.3, 0.4) is 0 Å². The van der Waals surface area contributed by atoms with Gasteiger partial charge < -0.3 is 20.3 Å². The molecule has 0 radical (unpaired) electrons. The lowest BCUT2D eigenvalue weighted by Crippen LogP contribution is -2.45. The summed E-state index contributed by atoms with van der Waals surface area (Å²) in [5.74, 6) is -0.0715. The Labute approximate surface area is 429 Å². The molecule has 1 amide bonds. The van der Waals surface area contributed by atoms with E-state index in [1.807, 2.05) is 6.08 Å². The van der Waals surface area contributed by atoms with E-state index >= 15 is 0 Å². The van der Waals surface area contributed by atoms with Crippen molar-refractivity contribution in [2.24, 2.45) is 0 Å². The van der Waals surface area contributed by atoms with Crippen LogP contribution in [0.1, 0.15) is 316 Å². The van der Waals surface area contributed by atoms with E-state index in [2.05, 4.69) is 55.6 Å². The average Bonchev–Trinajstić information content (AvgIpc) is 3.35. The zero-order valence-electron chi connectivity index (χ0n) is 46.0. The molecule has 404 valence electrons. The van der Waals surface area contributed by atoms with Crippen LogP contribution in [0, 0.1) is 0 Å². The summed E-state index contributed by atoms with van der Waals surface area (Å²) in [7, 11) is 0. The first-order chi connectivity index (χ1) is 34.0. The van der Waals surface area contributed by atoms with Crippen LogP contribution in [0.4, 0.5) is 0 Å². The number of amides is 1. The van der Waals surface area contributed by atoms with E-state index in [-0.39, 0.29) is 18.5 Å². The monoisotopic (exact) mass is 968 g/mol. The summed E-state index contributed by atoms with van der Waals surface area (Å²) in [6.07, 6.45) is 74.3. The van der Waals surface area contributed by atoms with Crippen LogP contribution in [0.5, 0.6) is 0 Å². The Hall–Kier alpha value is -2.18. The molecular weight excluding hydrogens is 851 g/mol. The molecule has 2 atom stereocenters. The highest BCUT2D eigenvalue weighted by molar-refractivity contribution is 5.76. The SMILES string of the molecule is CCCCC/C=C\C/C=C\CCCCCCCCCCCC(=O)OCCCCCCCCCCCCC/C=C\CCCCCCCCCC(=O)NC(CO)C(O)/C=C/CCCCCCCCCCC. The van der Waals surface area contributed by atoms with Gasteiger partial charge in [0.1, 0.15) is 0 Å². The van der Waals surface area contributed by atoms with Crippen LogP contribution in [0.2, 0.25) is 0 Å². The molecule has 0 heterocycles. The van der Waals surface area contributed by atoms with E-state index in [1.54, 1.807) is 6.08 Å². The topological polar surface area (TPSA) is 95.9 Å². The number of hydrogen-bond acceptors (Lipinski definition) is 5. The van der Waals surface area contributed by atoms with Crippen LogP contribution in [0.15, 0.2) is 48.6 Å². The first kappa shape index (κ1) is 66.8. The molecule has 0 saturated heterocycles. The van der Waals surface area contributed by atoms with Gasteiger partial charge in [-0.1, -0.05) is 262 Å². The van der Waals surface area contributed by atoms with E-state index in [4.69, 9.17) is 4.74 Å². The predicted octanol–water partition coefficient (Wildman–Crippen LogP) is 19.0. The minimum atomic E-state index is -0.848. The number of aliphatic hydroxyl groups is 2. The maximum atomic E-state index is 12.4. The Balaban J connectivity index is 3.41. The van der Waals surface area contributed by atoms with Crippen LogP contribution in [-0.2, 0) is 14.3 Å². The highest BCUT2D eigenvalue weighted by Gasteiger charge is 2.18. The lowest BCUT2D eigenvalue weighted by molar-refractivity contribution is -0.143. The molecule has 0 bridgehead atoms. The molecule has 0 aromatic heterocycles. The van der Waals surface area contributed by atoms with Gasteiger partial charge in [-0.05, 0) is 89.9 Å². The second-order valence-electron chi connectivity index (χ2n) is 20.7. The molecule has 69 heavy (non-hydrogen) atoms. The van der Waals surface area contributed by atoms with Gasteiger partial charge in [0.15, 0.2) is 0 Å². The van der Waals surface area contributed by atoms with Crippen molar-refractivity contribution in [3.63, 3.8) is 0 Å². The number of esters is 1. The van der Waals surface area contributed by atoms with Gasteiger partial charge in [-0.2, -0.15) is 0 Å². The molecule has 6 nitrogen and oxygen atoms in total. The normalized spacial score (nSPS) is 12.9. The number of carbonyl (C=O) groups is 2. The number of ether oxygens (including phenoxy) is 1. The van der Waals surface area contributed by atoms with E-state index in [0.717, 1.165) is 57.8 Å². The predicted molar refractivity (Wildman–Crippen MR) is 301 cm³/mol. The van der Waals surface area contributed by atoms with Crippen molar-refractivity contribution in [2.45, 2.75) is 328 Å². The van der Waals surface area contributed by atoms with Crippen LogP contribution in [-0.4, -0.2) is 47.4 Å². The Morgan fingerprint density at radius 1 is 0.406 bits per heavy atom. The molecule has 0 fully saturated rings. The van der Waals surface area contributed by atoms with Gasteiger partial charge in [0, 0.05) is 12.8 Å². The van der Waals surface area contributed by atoms with Gasteiger partial charge in [-0.15, -0.1) is 0 Å². The molecule has 0 aliphatic heterocycles. The van der Waals surface area contributed by atoms with Crippen molar-refractivity contribution >= 4 is 11.9 Å². The lowest BCUT2D eigenvalue weighted by Gasteiger charge is -2.20. The smallest absolute Gasteiger partial charge is 0.305 e. The number of allylic oxidation sites excluding steroid dienone is 7. The van der Waals surface area contributed by atoms with Crippen molar-refractivity contribution in [2.75, 3.05) is 13.2 Å². The van der Waals surface area contributed by atoms with Crippen molar-refractivity contribution in [3.05, 3.63) is 48.6 Å². The number of carbonyl (C=O) groups excluding carboxylic acids is 2. The standard InChI is InChI=1S/C63H117NO5/c1-3-5-7-9-11-13-15-16-17-18-23-27-30-33-37-41-45-49-53-57-63(68)69-58-54-50-46-42-38-34-31-28-25-22-20-19-21-24-26-29-32-36-40-44-48-52-56-62(67)64-60(59-65)61(66)55-51-47-43-39-35-14-12-10-8-6-4-2/h11,13,16-17,21,24,51,55,60-61,65-66H,3-10,12,14-15,18-20,22-23,25-50,52-54,56-59H2,1-2H3,(H,64,67)/b13-11-,17-16-,24-21-,55-51+. The zero-order chi connectivity index (χ0) is 50.0. The molecule has 2 unspecified atom stereocenters. The molecule has 0 aromatic carbocycles. The van der Waals surface area contributed by atoms with Crippen LogP contribution in [0.25, 0.3) is 0 Å². The second-order valence-corrected chi connectivity index (χ2v) is 20.7. The molecular formula is C63H117NO5. The third-order valence-electron chi connectivity index (χ3n) is 13.8.